The van der Waals surface area contributed by atoms with Crippen molar-refractivity contribution in [1.82, 2.24) is 9.97 Å². The minimum absolute atomic E-state index is 0.635. The van der Waals surface area contributed by atoms with E-state index < -0.39 is 10.8 Å². The SMILES string of the molecule is CCCCS(=O)c1sc2cc(-c3nccs3)cc(-c3nccs3)c2c1N. The fraction of sp³-hybridized carbons (Fsp3) is 0.222. The van der Waals surface area contributed by atoms with Crippen LogP contribution < -0.4 is 5.73 Å². The quantitative estimate of drug-likeness (QED) is 0.439. The van der Waals surface area contributed by atoms with E-state index in [2.05, 4.69) is 29.0 Å². The monoisotopic (exact) mass is 419 g/mol. The number of nitrogens with two attached hydrogens (primary N) is 1. The summed E-state index contributed by atoms with van der Waals surface area (Å²) < 4.78 is 14.5. The Balaban J connectivity index is 1.93. The number of thiazole rings is 2. The Morgan fingerprint density at radius 3 is 2.50 bits per heavy atom. The summed E-state index contributed by atoms with van der Waals surface area (Å²) in [5, 5.41) is 6.77. The Morgan fingerprint density at radius 1 is 1.12 bits per heavy atom. The van der Waals surface area contributed by atoms with Gasteiger partial charge in [0.15, 0.2) is 0 Å². The first-order valence-corrected chi connectivity index (χ1v) is 12.1. The van der Waals surface area contributed by atoms with Crippen LogP contribution >= 0.6 is 34.0 Å². The van der Waals surface area contributed by atoms with Crippen molar-refractivity contribution in [3.05, 3.63) is 35.3 Å². The molecule has 0 spiro atoms. The molecule has 1 atom stereocenters. The molecule has 0 aliphatic carbocycles. The Labute approximate surface area is 166 Å². The number of nitrogen functional groups attached to an aromatic ring is 1. The van der Waals surface area contributed by atoms with Crippen molar-refractivity contribution >= 4 is 60.6 Å². The molecule has 0 bridgehead atoms. The lowest BCUT2D eigenvalue weighted by atomic mass is 10.1. The predicted molar refractivity (Wildman–Crippen MR) is 115 cm³/mol. The van der Waals surface area contributed by atoms with E-state index in [-0.39, 0.29) is 0 Å². The van der Waals surface area contributed by atoms with E-state index in [1.165, 1.54) is 11.3 Å². The number of nitrogens with zero attached hydrogens (tertiary/aromatic N) is 2. The zero-order valence-corrected chi connectivity index (χ0v) is 17.4. The highest BCUT2D eigenvalue weighted by atomic mass is 32.2. The van der Waals surface area contributed by atoms with Gasteiger partial charge in [0.25, 0.3) is 0 Å². The standard InChI is InChI=1S/C18H17N3OS4/c1-2-3-8-26(22)18-15(19)14-12(17-21-5-7-24-17)9-11(10-13(14)25-18)16-20-4-6-23-16/h4-7,9-10H,2-3,8,19H2,1H3. The highest BCUT2D eigenvalue weighted by Gasteiger charge is 2.20. The van der Waals surface area contributed by atoms with Crippen LogP contribution in [0, 0.1) is 0 Å². The van der Waals surface area contributed by atoms with Crippen molar-refractivity contribution in [3.8, 4) is 21.1 Å². The van der Waals surface area contributed by atoms with E-state index in [0.717, 1.165) is 48.3 Å². The zero-order valence-electron chi connectivity index (χ0n) is 14.1. The topological polar surface area (TPSA) is 68.9 Å². The highest BCUT2D eigenvalue weighted by molar-refractivity contribution is 7.87. The molecule has 1 unspecified atom stereocenters. The van der Waals surface area contributed by atoms with Gasteiger partial charge in [-0.1, -0.05) is 13.3 Å². The molecule has 4 nitrogen and oxygen atoms in total. The molecule has 3 aromatic heterocycles. The molecule has 26 heavy (non-hydrogen) atoms. The van der Waals surface area contributed by atoms with Crippen LogP contribution in [0.4, 0.5) is 5.69 Å². The maximum Gasteiger partial charge on any atom is 0.124 e. The van der Waals surface area contributed by atoms with Crippen LogP contribution in [-0.4, -0.2) is 19.9 Å². The lowest BCUT2D eigenvalue weighted by molar-refractivity contribution is 0.681. The average Bonchev–Trinajstić information content (AvgIpc) is 3.40. The number of rotatable bonds is 6. The van der Waals surface area contributed by atoms with Crippen molar-refractivity contribution in [1.29, 1.82) is 0 Å². The van der Waals surface area contributed by atoms with Crippen LogP contribution in [0.5, 0.6) is 0 Å². The Morgan fingerprint density at radius 2 is 1.85 bits per heavy atom. The third kappa shape index (κ3) is 3.22. The van der Waals surface area contributed by atoms with Gasteiger partial charge in [-0.3, -0.25) is 4.21 Å². The number of unbranched alkanes of at least 4 members (excludes halogenated alkanes) is 1. The van der Waals surface area contributed by atoms with E-state index in [1.807, 2.05) is 10.8 Å². The number of anilines is 1. The molecular weight excluding hydrogens is 402 g/mol. The van der Waals surface area contributed by atoms with Crippen molar-refractivity contribution in [2.24, 2.45) is 0 Å². The lowest BCUT2D eigenvalue weighted by Gasteiger charge is -2.05. The summed E-state index contributed by atoms with van der Waals surface area (Å²) in [5.41, 5.74) is 9.14. The minimum Gasteiger partial charge on any atom is -0.397 e. The molecule has 4 rings (SSSR count). The second-order valence-corrected chi connectivity index (χ2v) is 10.4. The summed E-state index contributed by atoms with van der Waals surface area (Å²) in [4.78, 5) is 8.91. The second-order valence-electron chi connectivity index (χ2n) is 5.78. The average molecular weight is 420 g/mol. The third-order valence-corrected chi connectivity index (χ3v) is 8.70. The van der Waals surface area contributed by atoms with Gasteiger partial charge in [-0.15, -0.1) is 34.0 Å². The van der Waals surface area contributed by atoms with E-state index in [4.69, 9.17) is 5.73 Å². The summed E-state index contributed by atoms with van der Waals surface area (Å²) in [6, 6.07) is 4.20. The van der Waals surface area contributed by atoms with Gasteiger partial charge in [-0.05, 0) is 18.6 Å². The van der Waals surface area contributed by atoms with Gasteiger partial charge in [0.2, 0.25) is 0 Å². The number of aromatic nitrogens is 2. The molecule has 4 aromatic rings. The molecule has 0 aliphatic heterocycles. The van der Waals surface area contributed by atoms with Gasteiger partial charge in [-0.25, -0.2) is 9.97 Å². The summed E-state index contributed by atoms with van der Waals surface area (Å²) in [6.07, 6.45) is 5.56. The normalized spacial score (nSPS) is 12.7. The Bertz CT molecular complexity index is 1050. The summed E-state index contributed by atoms with van der Waals surface area (Å²) in [5.74, 6) is 0.652. The molecule has 0 aliphatic rings. The van der Waals surface area contributed by atoms with Crippen LogP contribution in [0.1, 0.15) is 19.8 Å². The van der Waals surface area contributed by atoms with Crippen molar-refractivity contribution < 1.29 is 4.21 Å². The molecule has 3 heterocycles. The Hall–Kier alpha value is -1.61. The number of thiophene rings is 1. The van der Waals surface area contributed by atoms with Crippen LogP contribution in [-0.2, 0) is 10.8 Å². The van der Waals surface area contributed by atoms with Crippen molar-refractivity contribution in [2.75, 3.05) is 11.5 Å². The van der Waals surface area contributed by atoms with Gasteiger partial charge < -0.3 is 5.73 Å². The van der Waals surface area contributed by atoms with Gasteiger partial charge in [-0.2, -0.15) is 0 Å². The van der Waals surface area contributed by atoms with Crippen LogP contribution in [0.25, 0.3) is 31.2 Å². The molecule has 1 aromatic carbocycles. The highest BCUT2D eigenvalue weighted by Crippen LogP contribution is 2.44. The molecular formula is C18H17N3OS4. The van der Waals surface area contributed by atoms with Gasteiger partial charge >= 0.3 is 0 Å². The molecule has 0 radical (unpaired) electrons. The van der Waals surface area contributed by atoms with Crippen molar-refractivity contribution in [2.45, 2.75) is 24.0 Å². The first-order chi connectivity index (χ1) is 12.7. The maximum absolute atomic E-state index is 12.7. The molecule has 0 fully saturated rings. The van der Waals surface area contributed by atoms with E-state index >= 15 is 0 Å². The maximum atomic E-state index is 12.7. The third-order valence-electron chi connectivity index (χ3n) is 4.03. The lowest BCUT2D eigenvalue weighted by Crippen LogP contribution is -1.98. The van der Waals surface area contributed by atoms with Crippen LogP contribution in [0.15, 0.2) is 39.5 Å². The summed E-state index contributed by atoms with van der Waals surface area (Å²) in [7, 11) is -1.06. The predicted octanol–water partition coefficient (Wildman–Crippen LogP) is 5.64. The fourth-order valence-electron chi connectivity index (χ4n) is 2.78. The van der Waals surface area contributed by atoms with Crippen LogP contribution in [0.3, 0.4) is 0 Å². The number of benzene rings is 1. The molecule has 0 saturated carbocycles. The van der Waals surface area contributed by atoms with Crippen molar-refractivity contribution in [3.63, 3.8) is 0 Å². The number of hydrogen-bond acceptors (Lipinski definition) is 7. The Kier molecular flexibility index (Phi) is 5.17. The molecule has 0 amide bonds. The minimum atomic E-state index is -1.06. The van der Waals surface area contributed by atoms with Gasteiger partial charge in [0.05, 0.1) is 16.5 Å². The van der Waals surface area contributed by atoms with E-state index in [0.29, 0.717) is 11.4 Å². The first kappa shape index (κ1) is 17.8. The van der Waals surface area contributed by atoms with Gasteiger partial charge in [0, 0.05) is 50.1 Å². The summed E-state index contributed by atoms with van der Waals surface area (Å²) >= 11 is 4.72. The number of hydrogen-bond donors (Lipinski definition) is 1. The zero-order chi connectivity index (χ0) is 18.1. The molecule has 0 saturated heterocycles. The van der Waals surface area contributed by atoms with E-state index in [1.54, 1.807) is 35.1 Å². The number of fused-ring (bicyclic) bond motifs is 1. The second kappa shape index (κ2) is 7.56. The summed E-state index contributed by atoms with van der Waals surface area (Å²) in [6.45, 7) is 2.10. The fourth-order valence-corrected chi connectivity index (χ4v) is 6.96. The van der Waals surface area contributed by atoms with E-state index in [9.17, 15) is 4.21 Å². The van der Waals surface area contributed by atoms with Crippen LogP contribution in [0.2, 0.25) is 0 Å². The molecule has 8 heteroatoms. The smallest absolute Gasteiger partial charge is 0.124 e. The largest absolute Gasteiger partial charge is 0.397 e. The van der Waals surface area contributed by atoms with Gasteiger partial charge in [0.1, 0.15) is 14.2 Å². The first-order valence-electron chi connectivity index (χ1n) is 8.23. The molecule has 134 valence electrons. The molecule has 2 N–H and O–H groups in total.